The first kappa shape index (κ1) is 18.8. The van der Waals surface area contributed by atoms with Crippen LogP contribution in [-0.4, -0.2) is 47.5 Å². The van der Waals surface area contributed by atoms with Crippen LogP contribution in [0.25, 0.3) is 0 Å². The maximum absolute atomic E-state index is 14.0. The molecule has 0 saturated heterocycles. The number of fused-ring (bicyclic) bond motifs is 2. The lowest BCUT2D eigenvalue weighted by molar-refractivity contribution is -0.141. The van der Waals surface area contributed by atoms with Crippen LogP contribution in [0.15, 0.2) is 23.3 Å². The van der Waals surface area contributed by atoms with Crippen molar-refractivity contribution in [3.63, 3.8) is 0 Å². The first-order chi connectivity index (χ1) is 12.7. The van der Waals surface area contributed by atoms with Crippen molar-refractivity contribution in [1.82, 2.24) is 10.3 Å². The highest BCUT2D eigenvalue weighted by molar-refractivity contribution is 8.15. The van der Waals surface area contributed by atoms with E-state index < -0.39 is 40.9 Å². The smallest absolute Gasteiger partial charge is 0.325 e. The zero-order chi connectivity index (χ0) is 19.9. The molecule has 1 atom stereocenters. The van der Waals surface area contributed by atoms with E-state index in [9.17, 15) is 23.6 Å². The number of amidine groups is 1. The van der Waals surface area contributed by atoms with Crippen LogP contribution >= 0.6 is 11.8 Å². The predicted molar refractivity (Wildman–Crippen MR) is 93.8 cm³/mol. The molecule has 2 aliphatic rings. The van der Waals surface area contributed by atoms with Gasteiger partial charge in [0.05, 0.1) is 12.8 Å². The van der Waals surface area contributed by atoms with Gasteiger partial charge in [0, 0.05) is 19.4 Å². The van der Waals surface area contributed by atoms with E-state index in [0.717, 1.165) is 33.8 Å². The van der Waals surface area contributed by atoms with Gasteiger partial charge >= 0.3 is 5.97 Å². The molecule has 3 amide bonds. The molecule has 0 aliphatic carbocycles. The molecule has 2 aliphatic heterocycles. The fourth-order valence-corrected chi connectivity index (χ4v) is 4.26. The van der Waals surface area contributed by atoms with Crippen molar-refractivity contribution in [2.45, 2.75) is 18.7 Å². The number of amides is 3. The number of benzene rings is 1. The third kappa shape index (κ3) is 2.93. The van der Waals surface area contributed by atoms with Crippen molar-refractivity contribution in [2.24, 2.45) is 5.10 Å². The Bertz CT molecular complexity index is 905. The summed E-state index contributed by atoms with van der Waals surface area (Å²) >= 11 is 0.796. The van der Waals surface area contributed by atoms with E-state index in [1.165, 1.54) is 27.0 Å². The van der Waals surface area contributed by atoms with Crippen LogP contribution < -0.4 is 10.2 Å². The zero-order valence-electron chi connectivity index (χ0n) is 14.6. The number of methoxy groups -OCH3 is 1. The molecule has 0 aromatic heterocycles. The molecule has 3 rings (SSSR count). The number of hydrogen-bond acceptors (Lipinski definition) is 7. The number of hydrogen-bond donors (Lipinski definition) is 1. The molecule has 11 heteroatoms. The molecule has 0 fully saturated rings. The van der Waals surface area contributed by atoms with Gasteiger partial charge in [0.25, 0.3) is 5.91 Å². The maximum Gasteiger partial charge on any atom is 0.325 e. The minimum atomic E-state index is -1.75. The van der Waals surface area contributed by atoms with Crippen LogP contribution in [-0.2, 0) is 28.8 Å². The normalized spacial score (nSPS) is 20.6. The number of carbonyl (C=O) groups excluding carboxylic acids is 4. The van der Waals surface area contributed by atoms with Gasteiger partial charge in [0.15, 0.2) is 5.17 Å². The summed E-state index contributed by atoms with van der Waals surface area (Å²) in [5.74, 6) is -3.02. The van der Waals surface area contributed by atoms with Crippen LogP contribution in [0.2, 0.25) is 0 Å². The van der Waals surface area contributed by atoms with E-state index in [2.05, 4.69) is 15.2 Å². The molecule has 1 N–H and O–H groups in total. The molecular formula is C16H15FN4O5S. The highest BCUT2D eigenvalue weighted by Gasteiger charge is 2.61. The second-order valence-corrected chi connectivity index (χ2v) is 6.97. The number of thioether (sulfide) groups is 1. The number of nitrogens with one attached hydrogen (secondary N) is 1. The van der Waals surface area contributed by atoms with Gasteiger partial charge in [-0.15, -0.1) is 5.10 Å². The average molecular weight is 394 g/mol. The number of halogens is 1. The summed E-state index contributed by atoms with van der Waals surface area (Å²) in [7, 11) is 1.18. The fourth-order valence-electron chi connectivity index (χ4n) is 2.93. The molecule has 0 saturated carbocycles. The highest BCUT2D eigenvalue weighted by atomic mass is 32.2. The highest BCUT2D eigenvalue weighted by Crippen LogP contribution is 2.54. The molecule has 0 bridgehead atoms. The number of hydrazone groups is 1. The first-order valence-electron chi connectivity index (χ1n) is 7.75. The Morgan fingerprint density at radius 2 is 2.04 bits per heavy atom. The molecule has 9 nitrogen and oxygen atoms in total. The Morgan fingerprint density at radius 3 is 2.63 bits per heavy atom. The van der Waals surface area contributed by atoms with Gasteiger partial charge in [-0.05, 0) is 30.0 Å². The van der Waals surface area contributed by atoms with E-state index >= 15 is 0 Å². The summed E-state index contributed by atoms with van der Waals surface area (Å²) in [6.45, 7) is 2.02. The van der Waals surface area contributed by atoms with Crippen molar-refractivity contribution in [2.75, 3.05) is 18.6 Å². The molecular weight excluding hydrogens is 379 g/mol. The standard InChI is InChI=1S/C16H15FN4O5S/c1-8(22)18-15-19-21(9(2)23)16(27-15)11-6-10(17)4-5-12(11)20(14(16)25)7-13(24)26-3/h4-6H,7H2,1-3H3,(H,18,19,22)/t16-/m0/s1. The molecule has 1 aromatic carbocycles. The number of ether oxygens (including phenoxy) is 1. The number of rotatable bonds is 2. The Hall–Kier alpha value is -2.95. The van der Waals surface area contributed by atoms with Gasteiger partial charge in [-0.25, -0.2) is 4.39 Å². The Balaban J connectivity index is 2.15. The number of esters is 1. The van der Waals surface area contributed by atoms with Gasteiger partial charge in [-0.3, -0.25) is 24.1 Å². The summed E-state index contributed by atoms with van der Waals surface area (Å²) in [5.41, 5.74) is 0.408. The second-order valence-electron chi connectivity index (χ2n) is 5.79. The Morgan fingerprint density at radius 1 is 1.33 bits per heavy atom. The van der Waals surface area contributed by atoms with E-state index in [0.29, 0.717) is 0 Å². The molecule has 27 heavy (non-hydrogen) atoms. The zero-order valence-corrected chi connectivity index (χ0v) is 15.4. The third-order valence-corrected chi connectivity index (χ3v) is 5.22. The molecule has 142 valence electrons. The van der Waals surface area contributed by atoms with Crippen LogP contribution in [0.5, 0.6) is 0 Å². The topological polar surface area (TPSA) is 108 Å². The van der Waals surface area contributed by atoms with Crippen LogP contribution in [0.1, 0.15) is 19.4 Å². The van der Waals surface area contributed by atoms with E-state index in [4.69, 9.17) is 0 Å². The van der Waals surface area contributed by atoms with Crippen molar-refractivity contribution < 1.29 is 28.3 Å². The molecule has 0 radical (unpaired) electrons. The second kappa shape index (κ2) is 6.65. The van der Waals surface area contributed by atoms with Crippen LogP contribution in [0.4, 0.5) is 10.1 Å². The van der Waals surface area contributed by atoms with E-state index in [1.807, 2.05) is 0 Å². The monoisotopic (exact) mass is 394 g/mol. The van der Waals surface area contributed by atoms with Crippen molar-refractivity contribution in [3.8, 4) is 0 Å². The summed E-state index contributed by atoms with van der Waals surface area (Å²) in [4.78, 5) is 48.0. The van der Waals surface area contributed by atoms with Crippen molar-refractivity contribution >= 4 is 46.3 Å². The third-order valence-electron chi connectivity index (χ3n) is 3.98. The molecule has 1 spiro atoms. The lowest BCUT2D eigenvalue weighted by atomic mass is 10.1. The van der Waals surface area contributed by atoms with Crippen LogP contribution in [0, 0.1) is 5.82 Å². The van der Waals surface area contributed by atoms with E-state index in [-0.39, 0.29) is 16.4 Å². The largest absolute Gasteiger partial charge is 0.468 e. The van der Waals surface area contributed by atoms with Gasteiger partial charge < -0.3 is 10.1 Å². The SMILES string of the molecule is COC(=O)CN1C(=O)[C@@]2(SC(NC(C)=O)=NN2C(C)=O)c2cc(F)ccc21. The summed E-state index contributed by atoms with van der Waals surface area (Å²) in [5, 5.41) is 7.36. The quantitative estimate of drug-likeness (QED) is 0.732. The predicted octanol–water partition coefficient (Wildman–Crippen LogP) is 0.500. The summed E-state index contributed by atoms with van der Waals surface area (Å²) in [6, 6.07) is 3.60. The minimum absolute atomic E-state index is 0.0150. The van der Waals surface area contributed by atoms with E-state index in [1.54, 1.807) is 0 Å². The number of nitrogens with zero attached hydrogens (tertiary/aromatic N) is 3. The Kier molecular flexibility index (Phi) is 4.64. The van der Waals surface area contributed by atoms with Gasteiger partial charge in [0.1, 0.15) is 12.4 Å². The average Bonchev–Trinajstić information content (AvgIpc) is 3.07. The molecule has 0 unspecified atom stereocenters. The van der Waals surface area contributed by atoms with Crippen LogP contribution in [0.3, 0.4) is 0 Å². The molecule has 1 aromatic rings. The maximum atomic E-state index is 14.0. The molecule has 2 heterocycles. The van der Waals surface area contributed by atoms with Crippen molar-refractivity contribution in [1.29, 1.82) is 0 Å². The lowest BCUT2D eigenvalue weighted by Gasteiger charge is -2.29. The number of anilines is 1. The van der Waals surface area contributed by atoms with Gasteiger partial charge in [0.2, 0.25) is 16.7 Å². The summed E-state index contributed by atoms with van der Waals surface area (Å²) in [6.07, 6.45) is 0. The lowest BCUT2D eigenvalue weighted by Crippen LogP contribution is -2.49. The van der Waals surface area contributed by atoms with Gasteiger partial charge in [-0.2, -0.15) is 5.01 Å². The number of carbonyl (C=O) groups is 4. The van der Waals surface area contributed by atoms with Crippen molar-refractivity contribution in [3.05, 3.63) is 29.6 Å². The minimum Gasteiger partial charge on any atom is -0.468 e. The van der Waals surface area contributed by atoms with Gasteiger partial charge in [-0.1, -0.05) is 0 Å². The first-order valence-corrected chi connectivity index (χ1v) is 8.57. The summed E-state index contributed by atoms with van der Waals surface area (Å²) < 4.78 is 18.6. The fraction of sp³-hybridized carbons (Fsp3) is 0.312. The Labute approximate surface area is 157 Å².